The molecule has 2 aromatic heterocycles. The molecule has 122 valence electrons. The maximum atomic E-state index is 12.6. The van der Waals surface area contributed by atoms with E-state index in [1.165, 1.54) is 11.1 Å². The van der Waals surface area contributed by atoms with Crippen molar-refractivity contribution in [3.05, 3.63) is 64.6 Å². The van der Waals surface area contributed by atoms with Crippen LogP contribution in [0.2, 0.25) is 0 Å². The molecule has 4 nitrogen and oxygen atoms in total. The molecule has 0 bridgehead atoms. The first-order chi connectivity index (χ1) is 11.5. The van der Waals surface area contributed by atoms with Crippen molar-refractivity contribution in [2.75, 3.05) is 0 Å². The van der Waals surface area contributed by atoms with Gasteiger partial charge < -0.3 is 0 Å². The predicted octanol–water partition coefficient (Wildman–Crippen LogP) is 4.07. The molecule has 1 atom stereocenters. The van der Waals surface area contributed by atoms with E-state index in [0.717, 1.165) is 29.0 Å². The second kappa shape index (κ2) is 5.55. The van der Waals surface area contributed by atoms with Crippen molar-refractivity contribution in [2.24, 2.45) is 0 Å². The summed E-state index contributed by atoms with van der Waals surface area (Å²) >= 11 is 0. The minimum atomic E-state index is 0.164. The maximum Gasteiger partial charge on any atom is 0.166 e. The largest absolute Gasteiger partial charge is 0.294 e. The highest BCUT2D eigenvalue weighted by Crippen LogP contribution is 2.32. The fourth-order valence-electron chi connectivity index (χ4n) is 3.49. The van der Waals surface area contributed by atoms with Gasteiger partial charge in [0, 0.05) is 18.7 Å². The number of aromatic nitrogens is 3. The van der Waals surface area contributed by atoms with Gasteiger partial charge in [0.1, 0.15) is 0 Å². The van der Waals surface area contributed by atoms with Crippen LogP contribution in [0.1, 0.15) is 65.0 Å². The van der Waals surface area contributed by atoms with Crippen molar-refractivity contribution in [2.45, 2.75) is 45.4 Å². The third kappa shape index (κ3) is 2.52. The zero-order valence-corrected chi connectivity index (χ0v) is 14.3. The van der Waals surface area contributed by atoms with E-state index in [-0.39, 0.29) is 11.7 Å². The summed E-state index contributed by atoms with van der Waals surface area (Å²) in [5, 5.41) is 4.36. The van der Waals surface area contributed by atoms with Gasteiger partial charge in [0.05, 0.1) is 17.0 Å². The van der Waals surface area contributed by atoms with E-state index in [4.69, 9.17) is 0 Å². The summed E-state index contributed by atoms with van der Waals surface area (Å²) in [5.41, 5.74) is 5.91. The van der Waals surface area contributed by atoms with E-state index < -0.39 is 0 Å². The number of rotatable bonds is 2. The average Bonchev–Trinajstić information content (AvgIpc) is 2.92. The van der Waals surface area contributed by atoms with Crippen LogP contribution in [-0.2, 0) is 6.42 Å². The maximum absolute atomic E-state index is 12.6. The van der Waals surface area contributed by atoms with Crippen LogP contribution in [-0.4, -0.2) is 20.4 Å². The summed E-state index contributed by atoms with van der Waals surface area (Å²) in [4.78, 5) is 17.3. The Kier molecular flexibility index (Phi) is 3.48. The number of fused-ring (bicyclic) bond motifs is 2. The fourth-order valence-corrected chi connectivity index (χ4v) is 3.49. The lowest BCUT2D eigenvalue weighted by molar-refractivity contribution is 0.0962. The molecule has 0 radical (unpaired) electrons. The summed E-state index contributed by atoms with van der Waals surface area (Å²) < 4.78 is 1.71. The Morgan fingerprint density at radius 2 is 1.92 bits per heavy atom. The van der Waals surface area contributed by atoms with Crippen molar-refractivity contribution < 1.29 is 4.79 Å². The Morgan fingerprint density at radius 3 is 2.62 bits per heavy atom. The molecule has 0 amide bonds. The highest BCUT2D eigenvalue weighted by molar-refractivity contribution is 5.98. The molecule has 4 heteroatoms. The van der Waals surface area contributed by atoms with E-state index >= 15 is 0 Å². The van der Waals surface area contributed by atoms with Crippen LogP contribution in [0.25, 0.3) is 5.65 Å². The summed E-state index contributed by atoms with van der Waals surface area (Å²) in [5.74, 6) is 0.898. The van der Waals surface area contributed by atoms with Crippen molar-refractivity contribution in [1.29, 1.82) is 0 Å². The number of carbonyl (C=O) groups is 1. The number of aryl methyl sites for hydroxylation is 1. The summed E-state index contributed by atoms with van der Waals surface area (Å²) in [6.45, 7) is 6.32. The van der Waals surface area contributed by atoms with Crippen molar-refractivity contribution in [3.63, 3.8) is 0 Å². The van der Waals surface area contributed by atoms with Crippen molar-refractivity contribution >= 4 is 11.4 Å². The van der Waals surface area contributed by atoms with Crippen LogP contribution in [0.15, 0.2) is 36.5 Å². The zero-order chi connectivity index (χ0) is 16.8. The number of hydrogen-bond donors (Lipinski definition) is 0. The Hall–Kier alpha value is -2.49. The molecule has 1 aliphatic carbocycles. The average molecular weight is 319 g/mol. The first-order valence-corrected chi connectivity index (χ1v) is 8.50. The topological polar surface area (TPSA) is 47.3 Å². The summed E-state index contributed by atoms with van der Waals surface area (Å²) in [6, 6.07) is 10.6. The van der Waals surface area contributed by atoms with Crippen molar-refractivity contribution in [3.8, 4) is 0 Å². The van der Waals surface area contributed by atoms with Gasteiger partial charge in [-0.1, -0.05) is 38.1 Å². The molecule has 1 aliphatic rings. The van der Waals surface area contributed by atoms with E-state index in [1.54, 1.807) is 4.52 Å². The molecule has 0 saturated carbocycles. The van der Waals surface area contributed by atoms with Gasteiger partial charge in [0.2, 0.25) is 0 Å². The Morgan fingerprint density at radius 1 is 1.17 bits per heavy atom. The van der Waals surface area contributed by atoms with Crippen LogP contribution in [0.3, 0.4) is 0 Å². The number of Topliss-reactive ketones (excluding diaryl/α,β-unsaturated/α-hetero) is 1. The molecular formula is C20H21N3O. The molecule has 0 fully saturated rings. The first kappa shape index (κ1) is 15.1. The molecular weight excluding hydrogens is 298 g/mol. The van der Waals surface area contributed by atoms with Gasteiger partial charge in [0.25, 0.3) is 0 Å². The third-order valence-electron chi connectivity index (χ3n) is 4.90. The number of nitrogens with zero attached hydrogens (tertiary/aromatic N) is 3. The molecule has 0 N–H and O–H groups in total. The minimum absolute atomic E-state index is 0.164. The second-order valence-electron chi connectivity index (χ2n) is 7.04. The van der Waals surface area contributed by atoms with Crippen LogP contribution in [0.5, 0.6) is 0 Å². The minimum Gasteiger partial charge on any atom is -0.294 e. The molecule has 2 heterocycles. The third-order valence-corrected chi connectivity index (χ3v) is 4.90. The number of benzene rings is 1. The van der Waals surface area contributed by atoms with Gasteiger partial charge in [-0.3, -0.25) is 4.79 Å². The molecule has 24 heavy (non-hydrogen) atoms. The SMILES string of the molecule is Cc1cc2nc3c(cn2n1)C(=O)CC(c1ccc(C(C)C)cc1)C3. The number of ketones is 1. The van der Waals surface area contributed by atoms with Gasteiger partial charge in [-0.05, 0) is 36.3 Å². The van der Waals surface area contributed by atoms with Gasteiger partial charge >= 0.3 is 0 Å². The Labute approximate surface area is 141 Å². The van der Waals surface area contributed by atoms with Crippen LogP contribution in [0.4, 0.5) is 0 Å². The Balaban J connectivity index is 1.69. The van der Waals surface area contributed by atoms with Crippen LogP contribution < -0.4 is 0 Å². The van der Waals surface area contributed by atoms with Crippen molar-refractivity contribution in [1.82, 2.24) is 14.6 Å². The predicted molar refractivity (Wildman–Crippen MR) is 93.6 cm³/mol. The quantitative estimate of drug-likeness (QED) is 0.715. The van der Waals surface area contributed by atoms with E-state index in [1.807, 2.05) is 19.2 Å². The second-order valence-corrected chi connectivity index (χ2v) is 7.04. The monoisotopic (exact) mass is 319 g/mol. The number of carbonyl (C=O) groups excluding carboxylic acids is 1. The highest BCUT2D eigenvalue weighted by atomic mass is 16.1. The lowest BCUT2D eigenvalue weighted by Gasteiger charge is -2.23. The van der Waals surface area contributed by atoms with Gasteiger partial charge in [0.15, 0.2) is 11.4 Å². The number of hydrogen-bond acceptors (Lipinski definition) is 3. The standard InChI is InChI=1S/C20H21N3O/c1-12(2)14-4-6-15(7-5-14)16-9-18-17(19(24)10-16)11-23-20(21-18)8-13(3)22-23/h4-8,11-12,16H,9-10H2,1-3H3. The van der Waals surface area contributed by atoms with E-state index in [0.29, 0.717) is 12.3 Å². The van der Waals surface area contributed by atoms with E-state index in [2.05, 4.69) is 48.2 Å². The normalized spacial score (nSPS) is 17.5. The molecule has 0 saturated heterocycles. The van der Waals surface area contributed by atoms with E-state index in [9.17, 15) is 4.79 Å². The molecule has 0 aliphatic heterocycles. The molecule has 4 rings (SSSR count). The summed E-state index contributed by atoms with van der Waals surface area (Å²) in [6.07, 6.45) is 3.19. The molecule has 3 aromatic rings. The fraction of sp³-hybridized carbons (Fsp3) is 0.350. The van der Waals surface area contributed by atoms with Gasteiger partial charge in [-0.2, -0.15) is 5.10 Å². The highest BCUT2D eigenvalue weighted by Gasteiger charge is 2.28. The van der Waals surface area contributed by atoms with Crippen LogP contribution >= 0.6 is 0 Å². The zero-order valence-electron chi connectivity index (χ0n) is 14.3. The lowest BCUT2D eigenvalue weighted by Crippen LogP contribution is -2.21. The smallest absolute Gasteiger partial charge is 0.166 e. The first-order valence-electron chi connectivity index (χ1n) is 8.50. The lowest BCUT2D eigenvalue weighted by atomic mass is 9.81. The molecule has 1 aromatic carbocycles. The van der Waals surface area contributed by atoms with Gasteiger partial charge in [-0.25, -0.2) is 9.50 Å². The van der Waals surface area contributed by atoms with Gasteiger partial charge in [-0.15, -0.1) is 0 Å². The Bertz CT molecular complexity index is 922. The molecule has 0 spiro atoms. The summed E-state index contributed by atoms with van der Waals surface area (Å²) in [7, 11) is 0. The van der Waals surface area contributed by atoms with Crippen LogP contribution in [0, 0.1) is 6.92 Å². The molecule has 1 unspecified atom stereocenters.